The summed E-state index contributed by atoms with van der Waals surface area (Å²) in [5, 5.41) is 7.96. The Morgan fingerprint density at radius 3 is 1.92 bits per heavy atom. The van der Waals surface area contributed by atoms with E-state index in [1.165, 1.54) is 27.5 Å². The predicted octanol–water partition coefficient (Wildman–Crippen LogP) is 12.5. The van der Waals surface area contributed by atoms with E-state index in [9.17, 15) is 0 Å². The maximum absolute atomic E-state index is 6.72. The van der Waals surface area contributed by atoms with E-state index in [4.69, 9.17) is 14.4 Å². The second-order valence-corrected chi connectivity index (χ2v) is 12.6. The third-order valence-corrected chi connectivity index (χ3v) is 9.65. The molecule has 0 aliphatic carbocycles. The lowest BCUT2D eigenvalue weighted by molar-refractivity contribution is 0.673. The van der Waals surface area contributed by atoms with Crippen molar-refractivity contribution in [2.45, 2.75) is 0 Å². The lowest BCUT2D eigenvalue weighted by Gasteiger charge is -2.11. The van der Waals surface area contributed by atoms with Crippen molar-refractivity contribution >= 4 is 54.4 Å². The Morgan fingerprint density at radius 2 is 1.06 bits per heavy atom. The van der Waals surface area contributed by atoms with Crippen LogP contribution < -0.4 is 0 Å². The number of aromatic nitrogens is 2. The summed E-state index contributed by atoms with van der Waals surface area (Å²) in [6, 6.07) is 59.7. The van der Waals surface area contributed by atoms with Gasteiger partial charge in [0.1, 0.15) is 11.2 Å². The quantitative estimate of drug-likeness (QED) is 0.196. The maximum Gasteiger partial charge on any atom is 0.160 e. The summed E-state index contributed by atoms with van der Waals surface area (Å²) >= 11 is 0. The molecule has 0 atom stereocenters. The number of nitrogens with zero attached hydrogens (tertiary/aromatic N) is 2. The predicted molar refractivity (Wildman–Crippen MR) is 204 cm³/mol. The minimum atomic E-state index is 0.669. The number of benzene rings is 8. The van der Waals surface area contributed by atoms with Gasteiger partial charge in [0.15, 0.2) is 5.82 Å². The van der Waals surface area contributed by atoms with Gasteiger partial charge in [0.25, 0.3) is 0 Å². The number of para-hydroxylation sites is 1. The highest BCUT2D eigenvalue weighted by Crippen LogP contribution is 2.42. The fraction of sp³-hybridized carbons (Fsp3) is 0. The van der Waals surface area contributed by atoms with E-state index in [0.29, 0.717) is 5.82 Å². The molecule has 10 rings (SSSR count). The molecule has 10 aromatic rings. The minimum Gasteiger partial charge on any atom is -0.455 e. The standard InChI is InChI=1S/C46H28N2O/c1-2-11-31(12-3-1)40-27-35-14-6-7-15-37(35)45-43(40)39-25-24-36(28-42(39)49-45)46-47-41-17-9-8-16-38(41)44(48-46)32-21-18-30(19-22-32)34-23-20-29-10-4-5-13-33(29)26-34/h1-28H. The fourth-order valence-corrected chi connectivity index (χ4v) is 7.21. The van der Waals surface area contributed by atoms with Gasteiger partial charge in [-0.1, -0.05) is 140 Å². The second kappa shape index (κ2) is 11.0. The molecule has 0 bridgehead atoms. The van der Waals surface area contributed by atoms with Crippen LogP contribution in [0.5, 0.6) is 0 Å². The van der Waals surface area contributed by atoms with Crippen LogP contribution >= 0.6 is 0 Å². The molecular weight excluding hydrogens is 597 g/mol. The van der Waals surface area contributed by atoms with Crippen LogP contribution in [0.4, 0.5) is 0 Å². The zero-order valence-electron chi connectivity index (χ0n) is 26.5. The van der Waals surface area contributed by atoms with Gasteiger partial charge in [0.05, 0.1) is 11.2 Å². The third kappa shape index (κ3) is 4.59. The Hall–Kier alpha value is -6.58. The summed E-state index contributed by atoms with van der Waals surface area (Å²) in [7, 11) is 0. The van der Waals surface area contributed by atoms with Crippen molar-refractivity contribution < 1.29 is 4.42 Å². The van der Waals surface area contributed by atoms with Gasteiger partial charge in [-0.2, -0.15) is 0 Å². The average Bonchev–Trinajstić information content (AvgIpc) is 3.57. The molecule has 0 amide bonds. The summed E-state index contributed by atoms with van der Waals surface area (Å²) in [4.78, 5) is 10.3. The molecule has 0 spiro atoms. The van der Waals surface area contributed by atoms with Crippen LogP contribution in [0.25, 0.3) is 99.3 Å². The van der Waals surface area contributed by atoms with E-state index >= 15 is 0 Å². The number of rotatable bonds is 4. The summed E-state index contributed by atoms with van der Waals surface area (Å²) in [5.74, 6) is 0.669. The van der Waals surface area contributed by atoms with Crippen molar-refractivity contribution in [2.75, 3.05) is 0 Å². The molecule has 8 aromatic carbocycles. The second-order valence-electron chi connectivity index (χ2n) is 12.6. The van der Waals surface area contributed by atoms with Gasteiger partial charge < -0.3 is 4.42 Å². The molecule has 0 aliphatic rings. The molecule has 2 heterocycles. The summed E-state index contributed by atoms with van der Waals surface area (Å²) in [6.45, 7) is 0. The Bertz CT molecular complexity index is 2870. The molecule has 0 saturated carbocycles. The SMILES string of the molecule is c1ccc(-c2cc3ccccc3c3oc4cc(-c5nc(-c6ccc(-c7ccc8ccccc8c7)cc6)c6ccccc6n5)ccc4c23)cc1. The van der Waals surface area contributed by atoms with Crippen LogP contribution in [0.3, 0.4) is 0 Å². The molecule has 0 fully saturated rings. The van der Waals surface area contributed by atoms with Crippen LogP contribution in [-0.4, -0.2) is 9.97 Å². The highest BCUT2D eigenvalue weighted by Gasteiger charge is 2.18. The Balaban J connectivity index is 1.11. The number of hydrogen-bond donors (Lipinski definition) is 0. The molecule has 3 nitrogen and oxygen atoms in total. The van der Waals surface area contributed by atoms with E-state index in [1.54, 1.807) is 0 Å². The van der Waals surface area contributed by atoms with E-state index in [2.05, 4.69) is 158 Å². The molecule has 0 aliphatic heterocycles. The first-order valence-corrected chi connectivity index (χ1v) is 16.6. The van der Waals surface area contributed by atoms with Gasteiger partial charge in [-0.25, -0.2) is 9.97 Å². The molecule has 0 saturated heterocycles. The fourth-order valence-electron chi connectivity index (χ4n) is 7.21. The Morgan fingerprint density at radius 1 is 0.388 bits per heavy atom. The van der Waals surface area contributed by atoms with Gasteiger partial charge in [-0.15, -0.1) is 0 Å². The van der Waals surface area contributed by atoms with E-state index in [-0.39, 0.29) is 0 Å². The van der Waals surface area contributed by atoms with Crippen molar-refractivity contribution in [3.63, 3.8) is 0 Å². The normalized spacial score (nSPS) is 11.7. The van der Waals surface area contributed by atoms with Crippen molar-refractivity contribution in [1.29, 1.82) is 0 Å². The number of furan rings is 1. The highest BCUT2D eigenvalue weighted by molar-refractivity contribution is 6.21. The highest BCUT2D eigenvalue weighted by atomic mass is 16.3. The van der Waals surface area contributed by atoms with Crippen LogP contribution in [0.15, 0.2) is 174 Å². The largest absolute Gasteiger partial charge is 0.455 e. The van der Waals surface area contributed by atoms with Gasteiger partial charge in [-0.05, 0) is 68.7 Å². The number of fused-ring (bicyclic) bond motifs is 7. The zero-order chi connectivity index (χ0) is 32.3. The summed E-state index contributed by atoms with van der Waals surface area (Å²) in [6.07, 6.45) is 0. The van der Waals surface area contributed by atoms with Gasteiger partial charge in [0.2, 0.25) is 0 Å². The maximum atomic E-state index is 6.72. The lowest BCUT2D eigenvalue weighted by Crippen LogP contribution is -1.95. The van der Waals surface area contributed by atoms with Crippen molar-refractivity contribution in [2.24, 2.45) is 0 Å². The Labute approximate surface area is 282 Å². The molecule has 0 radical (unpaired) electrons. The first-order valence-electron chi connectivity index (χ1n) is 16.6. The first-order chi connectivity index (χ1) is 24.3. The monoisotopic (exact) mass is 624 g/mol. The lowest BCUT2D eigenvalue weighted by atomic mass is 9.95. The van der Waals surface area contributed by atoms with Crippen LogP contribution in [0.1, 0.15) is 0 Å². The topological polar surface area (TPSA) is 38.9 Å². The summed E-state index contributed by atoms with van der Waals surface area (Å²) < 4.78 is 6.72. The first kappa shape index (κ1) is 27.5. The molecule has 0 unspecified atom stereocenters. The minimum absolute atomic E-state index is 0.669. The van der Waals surface area contributed by atoms with Crippen molar-refractivity contribution in [3.05, 3.63) is 170 Å². The molecule has 0 N–H and O–H groups in total. The van der Waals surface area contributed by atoms with E-state index in [1.807, 2.05) is 12.1 Å². The molecular formula is C46H28N2O. The van der Waals surface area contributed by atoms with Gasteiger partial charge >= 0.3 is 0 Å². The molecule has 228 valence electrons. The zero-order valence-corrected chi connectivity index (χ0v) is 26.5. The Kier molecular flexibility index (Phi) is 6.18. The van der Waals surface area contributed by atoms with Gasteiger partial charge in [-0.3, -0.25) is 0 Å². The average molecular weight is 625 g/mol. The third-order valence-electron chi connectivity index (χ3n) is 9.65. The van der Waals surface area contributed by atoms with Crippen LogP contribution in [-0.2, 0) is 0 Å². The van der Waals surface area contributed by atoms with E-state index < -0.39 is 0 Å². The van der Waals surface area contributed by atoms with E-state index in [0.717, 1.165) is 66.0 Å². The van der Waals surface area contributed by atoms with Gasteiger partial charge in [0, 0.05) is 32.7 Å². The summed E-state index contributed by atoms with van der Waals surface area (Å²) in [5.41, 5.74) is 10.2. The molecule has 3 heteroatoms. The molecule has 2 aromatic heterocycles. The van der Waals surface area contributed by atoms with Crippen LogP contribution in [0, 0.1) is 0 Å². The smallest absolute Gasteiger partial charge is 0.160 e. The van der Waals surface area contributed by atoms with Crippen LogP contribution in [0.2, 0.25) is 0 Å². The van der Waals surface area contributed by atoms with Crippen molar-refractivity contribution in [3.8, 4) is 44.9 Å². The number of hydrogen-bond acceptors (Lipinski definition) is 3. The molecule has 49 heavy (non-hydrogen) atoms. The van der Waals surface area contributed by atoms with Crippen molar-refractivity contribution in [1.82, 2.24) is 9.97 Å².